The largest absolute Gasteiger partial charge is 0.497 e. The van der Waals surface area contributed by atoms with Gasteiger partial charge in [0.2, 0.25) is 11.7 Å². The molecule has 1 aliphatic heterocycles. The molecule has 9 heteroatoms. The van der Waals surface area contributed by atoms with Crippen LogP contribution in [0.1, 0.15) is 5.56 Å². The third kappa shape index (κ3) is 3.95. The van der Waals surface area contributed by atoms with E-state index in [9.17, 15) is 4.79 Å². The lowest BCUT2D eigenvalue weighted by Crippen LogP contribution is -2.30. The van der Waals surface area contributed by atoms with Crippen LogP contribution in [0.4, 0.5) is 5.69 Å². The molecular formula is C24H22N4O4S. The van der Waals surface area contributed by atoms with Crippen LogP contribution in [-0.2, 0) is 11.2 Å². The van der Waals surface area contributed by atoms with Crippen LogP contribution >= 0.6 is 11.8 Å². The highest BCUT2D eigenvalue weighted by atomic mass is 32.2. The van der Waals surface area contributed by atoms with Crippen molar-refractivity contribution in [1.29, 1.82) is 0 Å². The highest BCUT2D eigenvalue weighted by Gasteiger charge is 2.26. The standard InChI is InChI=1S/C24H22N4O4S/c1-30-17-9-10-20(31-2)19(14-17)28-23(21-8-5-13-32-21)25-26-24(28)33-15-22(29)27-12-11-16-6-3-4-7-18(16)27/h3-10,13-14H,11-12,15H2,1-2H3. The Hall–Kier alpha value is -3.72. The van der Waals surface area contributed by atoms with Crippen LogP contribution in [0, 0.1) is 0 Å². The number of carbonyl (C=O) groups is 1. The zero-order valence-electron chi connectivity index (χ0n) is 18.2. The van der Waals surface area contributed by atoms with Crippen LogP contribution in [-0.4, -0.2) is 47.2 Å². The fourth-order valence-corrected chi connectivity index (χ4v) is 4.74. The van der Waals surface area contributed by atoms with Gasteiger partial charge in [0.05, 0.1) is 31.9 Å². The third-order valence-electron chi connectivity index (χ3n) is 5.51. The molecule has 0 fully saturated rings. The maximum Gasteiger partial charge on any atom is 0.237 e. The first-order valence-corrected chi connectivity index (χ1v) is 11.4. The summed E-state index contributed by atoms with van der Waals surface area (Å²) < 4.78 is 18.4. The summed E-state index contributed by atoms with van der Waals surface area (Å²) in [4.78, 5) is 14.9. The fourth-order valence-electron chi connectivity index (χ4n) is 3.92. The Morgan fingerprint density at radius 1 is 1.06 bits per heavy atom. The van der Waals surface area contributed by atoms with Gasteiger partial charge in [-0.15, -0.1) is 10.2 Å². The van der Waals surface area contributed by atoms with E-state index in [0.717, 1.165) is 12.1 Å². The molecule has 5 rings (SSSR count). The third-order valence-corrected chi connectivity index (χ3v) is 6.43. The molecule has 33 heavy (non-hydrogen) atoms. The first-order chi connectivity index (χ1) is 16.2. The number of hydrogen-bond donors (Lipinski definition) is 0. The molecule has 168 valence electrons. The van der Waals surface area contributed by atoms with Crippen LogP contribution in [0.15, 0.2) is 70.4 Å². The average molecular weight is 463 g/mol. The van der Waals surface area contributed by atoms with Crippen molar-refractivity contribution in [2.24, 2.45) is 0 Å². The van der Waals surface area contributed by atoms with Gasteiger partial charge in [-0.1, -0.05) is 30.0 Å². The number of aromatic nitrogens is 3. The monoisotopic (exact) mass is 462 g/mol. The van der Waals surface area contributed by atoms with Crippen LogP contribution in [0.5, 0.6) is 11.5 Å². The highest BCUT2D eigenvalue weighted by Crippen LogP contribution is 2.35. The van der Waals surface area contributed by atoms with Gasteiger partial charge in [0.25, 0.3) is 0 Å². The van der Waals surface area contributed by atoms with Gasteiger partial charge < -0.3 is 18.8 Å². The van der Waals surface area contributed by atoms with E-state index in [1.54, 1.807) is 26.5 Å². The molecule has 0 aliphatic carbocycles. The molecule has 3 heterocycles. The predicted octanol–water partition coefficient (Wildman–Crippen LogP) is 4.23. The Labute approximate surface area is 195 Å². The van der Waals surface area contributed by atoms with E-state index in [4.69, 9.17) is 13.9 Å². The van der Waals surface area contributed by atoms with Crippen molar-refractivity contribution in [3.8, 4) is 28.8 Å². The highest BCUT2D eigenvalue weighted by molar-refractivity contribution is 7.99. The Balaban J connectivity index is 1.49. The molecule has 0 unspecified atom stereocenters. The smallest absolute Gasteiger partial charge is 0.237 e. The lowest BCUT2D eigenvalue weighted by Gasteiger charge is -2.17. The van der Waals surface area contributed by atoms with Crippen LogP contribution < -0.4 is 14.4 Å². The van der Waals surface area contributed by atoms with Crippen LogP contribution in [0.25, 0.3) is 17.3 Å². The number of fused-ring (bicyclic) bond motifs is 1. The zero-order chi connectivity index (χ0) is 22.8. The molecule has 1 aliphatic rings. The molecule has 0 N–H and O–H groups in total. The number of anilines is 1. The maximum absolute atomic E-state index is 13.1. The molecular weight excluding hydrogens is 440 g/mol. The van der Waals surface area contributed by atoms with Gasteiger partial charge in [-0.05, 0) is 42.3 Å². The van der Waals surface area contributed by atoms with Crippen LogP contribution in [0.2, 0.25) is 0 Å². The molecule has 2 aromatic heterocycles. The average Bonchev–Trinajstić information content (AvgIpc) is 3.61. The number of methoxy groups -OCH3 is 2. The van der Waals surface area contributed by atoms with Crippen molar-refractivity contribution in [2.45, 2.75) is 11.6 Å². The molecule has 0 spiro atoms. The molecule has 1 amide bonds. The topological polar surface area (TPSA) is 82.6 Å². The quantitative estimate of drug-likeness (QED) is 0.380. The minimum absolute atomic E-state index is 0.0247. The number of benzene rings is 2. The van der Waals surface area contributed by atoms with Gasteiger partial charge in [-0.3, -0.25) is 9.36 Å². The number of thioether (sulfide) groups is 1. The molecule has 2 aromatic carbocycles. The van der Waals surface area contributed by atoms with Gasteiger partial charge in [0.1, 0.15) is 11.5 Å². The summed E-state index contributed by atoms with van der Waals surface area (Å²) >= 11 is 1.32. The molecule has 0 saturated heterocycles. The molecule has 0 saturated carbocycles. The lowest BCUT2D eigenvalue weighted by atomic mass is 10.2. The van der Waals surface area contributed by atoms with E-state index in [-0.39, 0.29) is 11.7 Å². The second-order valence-corrected chi connectivity index (χ2v) is 8.31. The summed E-state index contributed by atoms with van der Waals surface area (Å²) in [5.41, 5.74) is 2.87. The number of amides is 1. The Morgan fingerprint density at radius 2 is 1.94 bits per heavy atom. The van der Waals surface area contributed by atoms with Gasteiger partial charge in [0, 0.05) is 18.3 Å². The van der Waals surface area contributed by atoms with Gasteiger partial charge >= 0.3 is 0 Å². The Morgan fingerprint density at radius 3 is 2.73 bits per heavy atom. The zero-order valence-corrected chi connectivity index (χ0v) is 19.0. The van der Waals surface area contributed by atoms with Crippen molar-refractivity contribution in [2.75, 3.05) is 31.4 Å². The van der Waals surface area contributed by atoms with Crippen molar-refractivity contribution >= 4 is 23.4 Å². The molecule has 8 nitrogen and oxygen atoms in total. The molecule has 0 bridgehead atoms. The lowest BCUT2D eigenvalue weighted by molar-refractivity contribution is -0.116. The van der Waals surface area contributed by atoms with E-state index in [0.29, 0.717) is 40.5 Å². The summed E-state index contributed by atoms with van der Waals surface area (Å²) in [6, 6.07) is 17.1. The minimum atomic E-state index is 0.0247. The van der Waals surface area contributed by atoms with Crippen molar-refractivity contribution in [3.63, 3.8) is 0 Å². The summed E-state index contributed by atoms with van der Waals surface area (Å²) in [7, 11) is 3.21. The first kappa shape index (κ1) is 21.1. The summed E-state index contributed by atoms with van der Waals surface area (Å²) in [6.07, 6.45) is 2.45. The summed E-state index contributed by atoms with van der Waals surface area (Å²) in [5.74, 6) is 2.58. The number of nitrogens with zero attached hydrogens (tertiary/aromatic N) is 4. The van der Waals surface area contributed by atoms with Gasteiger partial charge in [-0.25, -0.2) is 0 Å². The summed E-state index contributed by atoms with van der Waals surface area (Å²) in [6.45, 7) is 0.687. The summed E-state index contributed by atoms with van der Waals surface area (Å²) in [5, 5.41) is 9.28. The van der Waals surface area contributed by atoms with Crippen molar-refractivity contribution in [1.82, 2.24) is 14.8 Å². The van der Waals surface area contributed by atoms with E-state index in [2.05, 4.69) is 16.3 Å². The SMILES string of the molecule is COc1ccc(OC)c(-n2c(SCC(=O)N3CCc4ccccc43)nnc2-c2ccco2)c1. The Bertz CT molecular complexity index is 1290. The van der Waals surface area contributed by atoms with E-state index < -0.39 is 0 Å². The molecule has 4 aromatic rings. The second-order valence-electron chi connectivity index (χ2n) is 7.37. The van der Waals surface area contributed by atoms with Crippen molar-refractivity contribution in [3.05, 3.63) is 66.4 Å². The van der Waals surface area contributed by atoms with Crippen molar-refractivity contribution < 1.29 is 18.7 Å². The van der Waals surface area contributed by atoms with E-state index in [1.165, 1.54) is 17.3 Å². The number of carbonyl (C=O) groups excluding carboxylic acids is 1. The maximum atomic E-state index is 13.1. The van der Waals surface area contributed by atoms with Gasteiger partial charge in [-0.2, -0.15) is 0 Å². The number of para-hydroxylation sites is 1. The van der Waals surface area contributed by atoms with Crippen LogP contribution in [0.3, 0.4) is 0 Å². The Kier molecular flexibility index (Phi) is 5.78. The number of ether oxygens (including phenoxy) is 2. The normalized spacial score (nSPS) is 12.6. The van der Waals surface area contributed by atoms with E-state index in [1.807, 2.05) is 51.9 Å². The van der Waals surface area contributed by atoms with E-state index >= 15 is 0 Å². The number of rotatable bonds is 7. The second kappa shape index (κ2) is 9.03. The molecule has 0 atom stereocenters. The predicted molar refractivity (Wildman–Crippen MR) is 125 cm³/mol. The molecule has 0 radical (unpaired) electrons. The van der Waals surface area contributed by atoms with Gasteiger partial charge in [0.15, 0.2) is 10.9 Å². The minimum Gasteiger partial charge on any atom is -0.497 e. The first-order valence-electron chi connectivity index (χ1n) is 10.4. The number of furan rings is 1. The fraction of sp³-hybridized carbons (Fsp3) is 0.208. The number of hydrogen-bond acceptors (Lipinski definition) is 7.